The fraction of sp³-hybridized carbons (Fsp3) is 0.435. The first-order chi connectivity index (χ1) is 13.7. The summed E-state index contributed by atoms with van der Waals surface area (Å²) in [6, 6.07) is 16.0. The molecule has 1 saturated carbocycles. The average molecular weight is 444 g/mol. The van der Waals surface area contributed by atoms with Gasteiger partial charge in [-0.3, -0.25) is 4.79 Å². The lowest BCUT2D eigenvalue weighted by atomic mass is 9.98. The molecule has 0 aromatic heterocycles. The molecular formula is C23H26BrNO3. The number of halogens is 1. The van der Waals surface area contributed by atoms with Crippen LogP contribution in [0.3, 0.4) is 0 Å². The van der Waals surface area contributed by atoms with E-state index in [4.69, 9.17) is 9.47 Å². The van der Waals surface area contributed by atoms with Gasteiger partial charge in [-0.25, -0.2) is 0 Å². The lowest BCUT2D eigenvalue weighted by molar-refractivity contribution is -0.120. The molecule has 4 nitrogen and oxygen atoms in total. The number of ether oxygens (including phenoxy) is 2. The Hall–Kier alpha value is -1.85. The number of rotatable bonds is 7. The second-order valence-corrected chi connectivity index (χ2v) is 8.52. The molecule has 28 heavy (non-hydrogen) atoms. The van der Waals surface area contributed by atoms with Gasteiger partial charge in [-0.05, 0) is 55.5 Å². The van der Waals surface area contributed by atoms with Crippen molar-refractivity contribution in [1.29, 1.82) is 0 Å². The Morgan fingerprint density at radius 2 is 1.75 bits per heavy atom. The summed E-state index contributed by atoms with van der Waals surface area (Å²) in [5, 5.41) is 0. The fourth-order valence-electron chi connectivity index (χ4n) is 4.12. The van der Waals surface area contributed by atoms with Crippen molar-refractivity contribution in [2.45, 2.75) is 44.6 Å². The van der Waals surface area contributed by atoms with E-state index in [1.54, 1.807) is 0 Å². The number of benzene rings is 2. The maximum atomic E-state index is 13.0. The molecule has 1 aliphatic carbocycles. The SMILES string of the molecule is O=C1[C@H](Cc2ccc(Br)cc2)CCN1c1ccccc1OCOC1CCCC1. The van der Waals surface area contributed by atoms with Crippen LogP contribution in [0.15, 0.2) is 53.0 Å². The van der Waals surface area contributed by atoms with E-state index in [0.717, 1.165) is 48.1 Å². The van der Waals surface area contributed by atoms with Gasteiger partial charge in [0, 0.05) is 16.9 Å². The van der Waals surface area contributed by atoms with Crippen molar-refractivity contribution < 1.29 is 14.3 Å². The second-order valence-electron chi connectivity index (χ2n) is 7.61. The van der Waals surface area contributed by atoms with Crippen LogP contribution in [0, 0.1) is 5.92 Å². The normalized spacial score (nSPS) is 20.1. The van der Waals surface area contributed by atoms with Crippen LogP contribution in [0.25, 0.3) is 0 Å². The Balaban J connectivity index is 1.39. The third-order valence-electron chi connectivity index (χ3n) is 5.69. The van der Waals surface area contributed by atoms with Crippen LogP contribution in [0.5, 0.6) is 5.75 Å². The summed E-state index contributed by atoms with van der Waals surface area (Å²) >= 11 is 3.46. The molecule has 148 valence electrons. The van der Waals surface area contributed by atoms with E-state index in [9.17, 15) is 4.79 Å². The molecule has 1 heterocycles. The zero-order chi connectivity index (χ0) is 19.3. The van der Waals surface area contributed by atoms with Crippen molar-refractivity contribution in [3.63, 3.8) is 0 Å². The summed E-state index contributed by atoms with van der Waals surface area (Å²) in [5.74, 6) is 0.915. The third kappa shape index (κ3) is 4.58. The summed E-state index contributed by atoms with van der Waals surface area (Å²) < 4.78 is 12.8. The van der Waals surface area contributed by atoms with Crippen molar-refractivity contribution >= 4 is 27.5 Å². The van der Waals surface area contributed by atoms with E-state index in [1.165, 1.54) is 18.4 Å². The summed E-state index contributed by atoms with van der Waals surface area (Å²) in [6.45, 7) is 0.968. The molecule has 2 fully saturated rings. The van der Waals surface area contributed by atoms with Crippen molar-refractivity contribution in [1.82, 2.24) is 0 Å². The quantitative estimate of drug-likeness (QED) is 0.542. The molecule has 4 rings (SSSR count). The molecule has 2 aromatic rings. The fourth-order valence-corrected chi connectivity index (χ4v) is 4.39. The summed E-state index contributed by atoms with van der Waals surface area (Å²) in [5.41, 5.74) is 2.04. The largest absolute Gasteiger partial charge is 0.465 e. The lowest BCUT2D eigenvalue weighted by Gasteiger charge is -2.21. The molecule has 0 radical (unpaired) electrons. The highest BCUT2D eigenvalue weighted by Gasteiger charge is 2.33. The first kappa shape index (κ1) is 19.5. The van der Waals surface area contributed by atoms with Crippen molar-refractivity contribution in [3.05, 3.63) is 58.6 Å². The minimum absolute atomic E-state index is 0.0176. The Kier molecular flexibility index (Phi) is 6.33. The molecule has 0 bridgehead atoms. The Morgan fingerprint density at radius 1 is 1.00 bits per heavy atom. The first-order valence-electron chi connectivity index (χ1n) is 10.1. The maximum Gasteiger partial charge on any atom is 0.230 e. The monoisotopic (exact) mass is 443 g/mol. The third-order valence-corrected chi connectivity index (χ3v) is 6.22. The van der Waals surface area contributed by atoms with E-state index in [2.05, 4.69) is 28.1 Å². The van der Waals surface area contributed by atoms with Gasteiger partial charge >= 0.3 is 0 Å². The summed E-state index contributed by atoms with van der Waals surface area (Å²) in [7, 11) is 0. The number of amides is 1. The molecule has 5 heteroatoms. The molecular weight excluding hydrogens is 418 g/mol. The number of hydrogen-bond acceptors (Lipinski definition) is 3. The highest BCUT2D eigenvalue weighted by atomic mass is 79.9. The van der Waals surface area contributed by atoms with Crippen molar-refractivity contribution in [2.24, 2.45) is 5.92 Å². The number of nitrogens with zero attached hydrogens (tertiary/aromatic N) is 1. The zero-order valence-electron chi connectivity index (χ0n) is 16.0. The minimum Gasteiger partial charge on any atom is -0.465 e. The maximum absolute atomic E-state index is 13.0. The van der Waals surface area contributed by atoms with Gasteiger partial charge in [0.1, 0.15) is 5.75 Å². The van der Waals surface area contributed by atoms with Gasteiger partial charge in [0.2, 0.25) is 5.91 Å². The van der Waals surface area contributed by atoms with Crippen LogP contribution in [-0.2, 0) is 16.0 Å². The van der Waals surface area contributed by atoms with Crippen LogP contribution in [0.4, 0.5) is 5.69 Å². The zero-order valence-corrected chi connectivity index (χ0v) is 17.6. The van der Waals surface area contributed by atoms with Gasteiger partial charge in [0.15, 0.2) is 6.79 Å². The first-order valence-corrected chi connectivity index (χ1v) is 10.9. The van der Waals surface area contributed by atoms with Crippen LogP contribution < -0.4 is 9.64 Å². The standard InChI is InChI=1S/C23H26BrNO3/c24-19-11-9-17(10-12-19)15-18-13-14-25(23(18)26)21-7-3-4-8-22(21)28-16-27-20-5-1-2-6-20/h3-4,7-12,18,20H,1-2,5-6,13-16H2/t18-/m0/s1. The number of hydrogen-bond donors (Lipinski definition) is 0. The lowest BCUT2D eigenvalue weighted by Crippen LogP contribution is -2.28. The summed E-state index contributed by atoms with van der Waals surface area (Å²) in [4.78, 5) is 14.9. The van der Waals surface area contributed by atoms with Gasteiger partial charge in [-0.15, -0.1) is 0 Å². The Morgan fingerprint density at radius 3 is 2.54 bits per heavy atom. The summed E-state index contributed by atoms with van der Waals surface area (Å²) in [6.07, 6.45) is 6.67. The molecule has 1 aliphatic heterocycles. The van der Waals surface area contributed by atoms with Crippen LogP contribution >= 0.6 is 15.9 Å². The van der Waals surface area contributed by atoms with Crippen molar-refractivity contribution in [3.8, 4) is 5.75 Å². The van der Waals surface area contributed by atoms with Gasteiger partial charge in [-0.1, -0.05) is 53.0 Å². The van der Waals surface area contributed by atoms with E-state index < -0.39 is 0 Å². The number of anilines is 1. The number of para-hydroxylation sites is 2. The molecule has 0 spiro atoms. The predicted molar refractivity (Wildman–Crippen MR) is 114 cm³/mol. The van der Waals surface area contributed by atoms with E-state index >= 15 is 0 Å². The molecule has 2 aromatic carbocycles. The Bertz CT molecular complexity index is 802. The van der Waals surface area contributed by atoms with Gasteiger partial charge < -0.3 is 14.4 Å². The number of carbonyl (C=O) groups excluding carboxylic acids is 1. The van der Waals surface area contributed by atoms with Crippen LogP contribution in [-0.4, -0.2) is 25.3 Å². The van der Waals surface area contributed by atoms with Gasteiger partial charge in [0.25, 0.3) is 0 Å². The van der Waals surface area contributed by atoms with E-state index in [1.807, 2.05) is 41.3 Å². The molecule has 2 aliphatic rings. The van der Waals surface area contributed by atoms with Crippen LogP contribution in [0.1, 0.15) is 37.7 Å². The second kappa shape index (κ2) is 9.10. The van der Waals surface area contributed by atoms with E-state index in [0.29, 0.717) is 6.10 Å². The highest BCUT2D eigenvalue weighted by molar-refractivity contribution is 9.10. The average Bonchev–Trinajstić information content (AvgIpc) is 3.35. The smallest absolute Gasteiger partial charge is 0.230 e. The van der Waals surface area contributed by atoms with Crippen LogP contribution in [0.2, 0.25) is 0 Å². The molecule has 0 unspecified atom stereocenters. The molecule has 1 atom stereocenters. The van der Waals surface area contributed by atoms with Crippen molar-refractivity contribution in [2.75, 3.05) is 18.2 Å². The molecule has 1 amide bonds. The predicted octanol–water partition coefficient (Wildman–Crippen LogP) is 5.34. The van der Waals surface area contributed by atoms with Gasteiger partial charge in [-0.2, -0.15) is 0 Å². The highest BCUT2D eigenvalue weighted by Crippen LogP contribution is 2.34. The number of carbonyl (C=O) groups is 1. The van der Waals surface area contributed by atoms with Gasteiger partial charge in [0.05, 0.1) is 11.8 Å². The Labute approximate surface area is 175 Å². The molecule has 1 saturated heterocycles. The van der Waals surface area contributed by atoms with E-state index in [-0.39, 0.29) is 18.6 Å². The molecule has 0 N–H and O–H groups in total. The minimum atomic E-state index is 0.0176. The topological polar surface area (TPSA) is 38.8 Å².